The standard InChI is InChI=1S/C18H17N3O/c19-14-18(15-6-2-1-3-7-15)9-12-21(13-10-18)17(22)16-8-4-5-11-20-16/h1-8,11H,9-10,12-13H2. The summed E-state index contributed by atoms with van der Waals surface area (Å²) >= 11 is 0. The third-order valence-electron chi connectivity index (χ3n) is 4.33. The van der Waals surface area contributed by atoms with Gasteiger partial charge in [-0.3, -0.25) is 9.78 Å². The van der Waals surface area contributed by atoms with Crippen molar-refractivity contribution in [2.24, 2.45) is 0 Å². The number of hydrogen-bond acceptors (Lipinski definition) is 3. The minimum absolute atomic E-state index is 0.0554. The number of likely N-dealkylation sites (tertiary alicyclic amines) is 1. The Bertz CT molecular complexity index is 683. The number of nitriles is 1. The van der Waals surface area contributed by atoms with Crippen LogP contribution in [0.5, 0.6) is 0 Å². The van der Waals surface area contributed by atoms with Crippen molar-refractivity contribution in [2.45, 2.75) is 18.3 Å². The van der Waals surface area contributed by atoms with Gasteiger partial charge in [-0.05, 0) is 30.5 Å². The minimum atomic E-state index is -0.484. The monoisotopic (exact) mass is 291 g/mol. The predicted octanol–water partition coefficient (Wildman–Crippen LogP) is 2.78. The summed E-state index contributed by atoms with van der Waals surface area (Å²) in [4.78, 5) is 18.3. The smallest absolute Gasteiger partial charge is 0.272 e. The molecule has 3 rings (SSSR count). The van der Waals surface area contributed by atoms with Crippen LogP contribution in [0.4, 0.5) is 0 Å². The summed E-state index contributed by atoms with van der Waals surface area (Å²) in [5.74, 6) is -0.0554. The molecule has 1 saturated heterocycles. The van der Waals surface area contributed by atoms with Gasteiger partial charge in [0.15, 0.2) is 0 Å². The topological polar surface area (TPSA) is 57.0 Å². The molecule has 1 aromatic carbocycles. The zero-order valence-corrected chi connectivity index (χ0v) is 12.3. The molecular formula is C18H17N3O. The number of aromatic nitrogens is 1. The van der Waals surface area contributed by atoms with E-state index in [0.717, 1.165) is 5.56 Å². The number of amides is 1. The van der Waals surface area contributed by atoms with Crippen LogP contribution < -0.4 is 0 Å². The van der Waals surface area contributed by atoms with E-state index in [1.165, 1.54) is 0 Å². The Kier molecular flexibility index (Phi) is 3.88. The molecule has 4 nitrogen and oxygen atoms in total. The van der Waals surface area contributed by atoms with Gasteiger partial charge in [0, 0.05) is 19.3 Å². The third-order valence-corrected chi connectivity index (χ3v) is 4.33. The number of piperidine rings is 1. The summed E-state index contributed by atoms with van der Waals surface area (Å²) in [6, 6.07) is 17.7. The number of benzene rings is 1. The van der Waals surface area contributed by atoms with Gasteiger partial charge in [0.1, 0.15) is 5.69 Å². The summed E-state index contributed by atoms with van der Waals surface area (Å²) in [6.07, 6.45) is 2.94. The number of carbonyl (C=O) groups excluding carboxylic acids is 1. The highest BCUT2D eigenvalue weighted by atomic mass is 16.2. The first-order valence-corrected chi connectivity index (χ1v) is 7.42. The number of rotatable bonds is 2. The van der Waals surface area contributed by atoms with Gasteiger partial charge in [-0.2, -0.15) is 5.26 Å². The van der Waals surface area contributed by atoms with E-state index in [1.807, 2.05) is 36.4 Å². The average molecular weight is 291 g/mol. The molecule has 2 aromatic rings. The number of hydrogen-bond donors (Lipinski definition) is 0. The molecule has 0 saturated carbocycles. The molecule has 110 valence electrons. The lowest BCUT2D eigenvalue weighted by Crippen LogP contribution is -2.44. The van der Waals surface area contributed by atoms with E-state index in [4.69, 9.17) is 0 Å². The van der Waals surface area contributed by atoms with Gasteiger partial charge >= 0.3 is 0 Å². The van der Waals surface area contributed by atoms with Crippen molar-refractivity contribution in [3.8, 4) is 6.07 Å². The molecule has 1 fully saturated rings. The maximum Gasteiger partial charge on any atom is 0.272 e. The Morgan fingerprint density at radius 2 is 1.77 bits per heavy atom. The van der Waals surface area contributed by atoms with Crippen LogP contribution >= 0.6 is 0 Å². The van der Waals surface area contributed by atoms with E-state index in [9.17, 15) is 10.1 Å². The van der Waals surface area contributed by atoms with E-state index in [2.05, 4.69) is 11.1 Å². The van der Waals surface area contributed by atoms with Crippen molar-refractivity contribution in [1.82, 2.24) is 9.88 Å². The molecule has 4 heteroatoms. The van der Waals surface area contributed by atoms with Crippen molar-refractivity contribution in [3.05, 3.63) is 66.0 Å². The van der Waals surface area contributed by atoms with E-state index in [-0.39, 0.29) is 5.91 Å². The summed E-state index contributed by atoms with van der Waals surface area (Å²) < 4.78 is 0. The Morgan fingerprint density at radius 1 is 1.09 bits per heavy atom. The fourth-order valence-corrected chi connectivity index (χ4v) is 2.97. The molecular weight excluding hydrogens is 274 g/mol. The molecule has 0 unspecified atom stereocenters. The van der Waals surface area contributed by atoms with E-state index >= 15 is 0 Å². The highest BCUT2D eigenvalue weighted by Crippen LogP contribution is 2.35. The Labute approximate surface area is 130 Å². The van der Waals surface area contributed by atoms with Crippen molar-refractivity contribution >= 4 is 5.91 Å². The Hall–Kier alpha value is -2.67. The van der Waals surface area contributed by atoms with Crippen LogP contribution in [0.2, 0.25) is 0 Å². The van der Waals surface area contributed by atoms with Crippen LogP contribution in [0.15, 0.2) is 54.7 Å². The lowest BCUT2D eigenvalue weighted by atomic mass is 9.74. The van der Waals surface area contributed by atoms with Crippen LogP contribution in [0.3, 0.4) is 0 Å². The normalized spacial score (nSPS) is 16.8. The first-order chi connectivity index (χ1) is 10.7. The van der Waals surface area contributed by atoms with Gasteiger partial charge in [-0.15, -0.1) is 0 Å². The molecule has 1 amide bonds. The first kappa shape index (κ1) is 14.3. The predicted molar refractivity (Wildman–Crippen MR) is 83.1 cm³/mol. The zero-order valence-electron chi connectivity index (χ0n) is 12.3. The maximum absolute atomic E-state index is 12.4. The highest BCUT2D eigenvalue weighted by molar-refractivity contribution is 5.92. The second-order valence-corrected chi connectivity index (χ2v) is 5.57. The number of carbonyl (C=O) groups is 1. The van der Waals surface area contributed by atoms with Gasteiger partial charge < -0.3 is 4.90 Å². The molecule has 0 N–H and O–H groups in total. The molecule has 1 aromatic heterocycles. The van der Waals surface area contributed by atoms with Gasteiger partial charge in [-0.1, -0.05) is 36.4 Å². The van der Waals surface area contributed by atoms with Crippen molar-refractivity contribution < 1.29 is 4.79 Å². The second-order valence-electron chi connectivity index (χ2n) is 5.57. The fraction of sp³-hybridized carbons (Fsp3) is 0.278. The lowest BCUT2D eigenvalue weighted by molar-refractivity contribution is 0.0686. The number of pyridine rings is 1. The van der Waals surface area contributed by atoms with Gasteiger partial charge in [-0.25, -0.2) is 0 Å². The molecule has 0 radical (unpaired) electrons. The Morgan fingerprint density at radius 3 is 2.36 bits per heavy atom. The molecule has 0 aliphatic carbocycles. The summed E-state index contributed by atoms with van der Waals surface area (Å²) in [5, 5.41) is 9.67. The summed E-state index contributed by atoms with van der Waals surface area (Å²) in [6.45, 7) is 1.16. The van der Waals surface area contributed by atoms with Crippen LogP contribution in [0.1, 0.15) is 28.9 Å². The first-order valence-electron chi connectivity index (χ1n) is 7.42. The fourth-order valence-electron chi connectivity index (χ4n) is 2.97. The van der Waals surface area contributed by atoms with Gasteiger partial charge in [0.2, 0.25) is 0 Å². The van der Waals surface area contributed by atoms with Crippen molar-refractivity contribution in [1.29, 1.82) is 5.26 Å². The zero-order chi connectivity index (χ0) is 15.4. The molecule has 1 aliphatic heterocycles. The maximum atomic E-state index is 12.4. The number of nitrogens with zero attached hydrogens (tertiary/aromatic N) is 3. The summed E-state index contributed by atoms with van der Waals surface area (Å²) in [7, 11) is 0. The van der Waals surface area contributed by atoms with Crippen molar-refractivity contribution in [2.75, 3.05) is 13.1 Å². The molecule has 0 spiro atoms. The van der Waals surface area contributed by atoms with E-state index < -0.39 is 5.41 Å². The van der Waals surface area contributed by atoms with Crippen molar-refractivity contribution in [3.63, 3.8) is 0 Å². The quantitative estimate of drug-likeness (QED) is 0.855. The Balaban J connectivity index is 1.75. The third kappa shape index (κ3) is 2.58. The van der Waals surface area contributed by atoms with E-state index in [1.54, 1.807) is 23.2 Å². The molecule has 1 aliphatic rings. The molecule has 22 heavy (non-hydrogen) atoms. The van der Waals surface area contributed by atoms with Gasteiger partial charge in [0.05, 0.1) is 11.5 Å². The summed E-state index contributed by atoms with van der Waals surface area (Å²) in [5.41, 5.74) is 1.02. The minimum Gasteiger partial charge on any atom is -0.337 e. The van der Waals surface area contributed by atoms with Gasteiger partial charge in [0.25, 0.3) is 5.91 Å². The van der Waals surface area contributed by atoms with Crippen LogP contribution in [-0.2, 0) is 5.41 Å². The van der Waals surface area contributed by atoms with E-state index in [0.29, 0.717) is 31.6 Å². The average Bonchev–Trinajstić information content (AvgIpc) is 2.63. The van der Waals surface area contributed by atoms with Crippen LogP contribution in [-0.4, -0.2) is 28.9 Å². The van der Waals surface area contributed by atoms with Crippen LogP contribution in [0.25, 0.3) is 0 Å². The molecule has 2 heterocycles. The lowest BCUT2D eigenvalue weighted by Gasteiger charge is -2.37. The molecule has 0 bridgehead atoms. The molecule has 0 atom stereocenters. The largest absolute Gasteiger partial charge is 0.337 e. The van der Waals surface area contributed by atoms with Crippen LogP contribution in [0, 0.1) is 11.3 Å². The second kappa shape index (κ2) is 5.98. The SMILES string of the molecule is N#CC1(c2ccccc2)CCN(C(=O)c2ccccn2)CC1. The highest BCUT2D eigenvalue weighted by Gasteiger charge is 2.37.